The van der Waals surface area contributed by atoms with Crippen LogP contribution in [0.25, 0.3) is 17.0 Å². The zero-order valence-electron chi connectivity index (χ0n) is 8.76. The fourth-order valence-electron chi connectivity index (χ4n) is 1.77. The fraction of sp³-hybridized carbons (Fsp3) is 0.0714. The predicted molar refractivity (Wildman–Crippen MR) is 63.7 cm³/mol. The van der Waals surface area contributed by atoms with Crippen molar-refractivity contribution >= 4 is 5.57 Å². The van der Waals surface area contributed by atoms with Crippen molar-refractivity contribution in [3.05, 3.63) is 60.5 Å². The summed E-state index contributed by atoms with van der Waals surface area (Å²) < 4.78 is 5.73. The van der Waals surface area contributed by atoms with Crippen LogP contribution in [0.1, 0.15) is 12.2 Å². The highest BCUT2D eigenvalue weighted by Gasteiger charge is 2.10. The van der Waals surface area contributed by atoms with E-state index in [0.29, 0.717) is 5.89 Å². The van der Waals surface area contributed by atoms with Gasteiger partial charge in [0, 0.05) is 11.1 Å². The van der Waals surface area contributed by atoms with Gasteiger partial charge in [-0.15, -0.1) is 0 Å². The Hall–Kier alpha value is -2.09. The highest BCUT2D eigenvalue weighted by Crippen LogP contribution is 2.27. The third-order valence-corrected chi connectivity index (χ3v) is 2.61. The van der Waals surface area contributed by atoms with E-state index in [1.807, 2.05) is 36.4 Å². The molecule has 0 unspecified atom stereocenters. The van der Waals surface area contributed by atoms with Gasteiger partial charge in [-0.2, -0.15) is 0 Å². The number of hydrogen-bond donors (Lipinski definition) is 0. The van der Waals surface area contributed by atoms with E-state index in [1.54, 1.807) is 6.20 Å². The number of aromatic nitrogens is 1. The summed E-state index contributed by atoms with van der Waals surface area (Å²) in [6, 6.07) is 9.94. The lowest BCUT2D eigenvalue weighted by Gasteiger charge is -1.95. The smallest absolute Gasteiger partial charge is 0.226 e. The summed E-state index contributed by atoms with van der Waals surface area (Å²) >= 11 is 0. The van der Waals surface area contributed by atoms with Crippen molar-refractivity contribution in [2.75, 3.05) is 0 Å². The number of benzene rings is 1. The van der Waals surface area contributed by atoms with Crippen LogP contribution in [0, 0.1) is 0 Å². The summed E-state index contributed by atoms with van der Waals surface area (Å²) in [5.41, 5.74) is 2.20. The third kappa shape index (κ3) is 1.58. The molecule has 0 saturated heterocycles. The van der Waals surface area contributed by atoms with Gasteiger partial charge in [0.25, 0.3) is 0 Å². The van der Waals surface area contributed by atoms with Crippen LogP contribution in [0.5, 0.6) is 0 Å². The van der Waals surface area contributed by atoms with Crippen LogP contribution < -0.4 is 0 Å². The molecule has 1 aliphatic rings. The van der Waals surface area contributed by atoms with Crippen LogP contribution in [0.2, 0.25) is 0 Å². The average molecular weight is 209 g/mol. The Labute approximate surface area is 93.9 Å². The van der Waals surface area contributed by atoms with Crippen molar-refractivity contribution in [3.8, 4) is 11.5 Å². The largest absolute Gasteiger partial charge is 0.436 e. The van der Waals surface area contributed by atoms with Crippen LogP contribution >= 0.6 is 0 Å². The maximum atomic E-state index is 5.73. The molecule has 0 atom stereocenters. The second-order valence-electron chi connectivity index (χ2n) is 3.72. The maximum absolute atomic E-state index is 5.73. The van der Waals surface area contributed by atoms with E-state index in [2.05, 4.69) is 17.1 Å². The van der Waals surface area contributed by atoms with E-state index in [9.17, 15) is 0 Å². The van der Waals surface area contributed by atoms with Gasteiger partial charge < -0.3 is 4.42 Å². The topological polar surface area (TPSA) is 26.0 Å². The average Bonchev–Trinajstić information content (AvgIpc) is 3.01. The Morgan fingerprint density at radius 1 is 1.12 bits per heavy atom. The van der Waals surface area contributed by atoms with Gasteiger partial charge in [0.1, 0.15) is 0 Å². The molecule has 2 heteroatoms. The molecule has 0 aliphatic heterocycles. The molecule has 78 valence electrons. The molecule has 1 aliphatic carbocycles. The molecule has 1 heterocycles. The molecule has 1 aromatic heterocycles. The Morgan fingerprint density at radius 3 is 2.75 bits per heavy atom. The minimum atomic E-state index is 0.684. The van der Waals surface area contributed by atoms with Crippen molar-refractivity contribution in [3.63, 3.8) is 0 Å². The Bertz CT molecular complexity index is 549. The van der Waals surface area contributed by atoms with Crippen molar-refractivity contribution in [1.82, 2.24) is 4.98 Å². The van der Waals surface area contributed by atoms with Crippen molar-refractivity contribution in [2.45, 2.75) is 6.42 Å². The van der Waals surface area contributed by atoms with Crippen LogP contribution in [0.3, 0.4) is 0 Å². The predicted octanol–water partition coefficient (Wildman–Crippen LogP) is 3.68. The van der Waals surface area contributed by atoms with Gasteiger partial charge >= 0.3 is 0 Å². The van der Waals surface area contributed by atoms with E-state index in [4.69, 9.17) is 4.42 Å². The first-order valence-electron chi connectivity index (χ1n) is 5.31. The third-order valence-electron chi connectivity index (χ3n) is 2.61. The van der Waals surface area contributed by atoms with Gasteiger partial charge in [-0.25, -0.2) is 4.98 Å². The van der Waals surface area contributed by atoms with E-state index in [0.717, 1.165) is 17.7 Å². The van der Waals surface area contributed by atoms with Gasteiger partial charge in [0.2, 0.25) is 5.89 Å². The molecule has 3 rings (SSSR count). The van der Waals surface area contributed by atoms with Crippen molar-refractivity contribution in [2.24, 2.45) is 0 Å². The molecule has 0 bridgehead atoms. The Kier molecular flexibility index (Phi) is 2.18. The first-order valence-corrected chi connectivity index (χ1v) is 5.31. The number of allylic oxidation sites excluding steroid dienone is 4. The lowest BCUT2D eigenvalue weighted by atomic mass is 10.2. The zero-order valence-corrected chi connectivity index (χ0v) is 8.76. The first-order chi connectivity index (χ1) is 7.93. The number of oxazole rings is 1. The molecule has 1 aromatic carbocycles. The first kappa shape index (κ1) is 9.16. The highest BCUT2D eigenvalue weighted by atomic mass is 16.4. The van der Waals surface area contributed by atoms with Gasteiger partial charge in [-0.05, 0) is 18.6 Å². The molecular weight excluding hydrogens is 198 g/mol. The number of hydrogen-bond acceptors (Lipinski definition) is 2. The molecule has 0 amide bonds. The molecule has 2 nitrogen and oxygen atoms in total. The Balaban J connectivity index is 1.94. The van der Waals surface area contributed by atoms with E-state index in [-0.39, 0.29) is 0 Å². The molecule has 0 fully saturated rings. The summed E-state index contributed by atoms with van der Waals surface area (Å²) in [4.78, 5) is 4.30. The second kappa shape index (κ2) is 3.81. The summed E-state index contributed by atoms with van der Waals surface area (Å²) in [6.45, 7) is 0. The summed E-state index contributed by atoms with van der Waals surface area (Å²) in [7, 11) is 0. The minimum Gasteiger partial charge on any atom is -0.436 e. The molecular formula is C14H11NO. The van der Waals surface area contributed by atoms with Gasteiger partial charge in [-0.1, -0.05) is 36.4 Å². The summed E-state index contributed by atoms with van der Waals surface area (Å²) in [6.07, 6.45) is 8.94. The second-order valence-corrected chi connectivity index (χ2v) is 3.72. The molecule has 0 radical (unpaired) electrons. The highest BCUT2D eigenvalue weighted by molar-refractivity contribution is 5.68. The van der Waals surface area contributed by atoms with Gasteiger partial charge in [-0.3, -0.25) is 0 Å². The molecule has 2 aromatic rings. The van der Waals surface area contributed by atoms with Gasteiger partial charge in [0.15, 0.2) is 5.76 Å². The molecule has 0 N–H and O–H groups in total. The quantitative estimate of drug-likeness (QED) is 0.754. The maximum Gasteiger partial charge on any atom is 0.226 e. The molecule has 0 saturated carbocycles. The van der Waals surface area contributed by atoms with Crippen LogP contribution in [-0.2, 0) is 0 Å². The number of nitrogens with zero attached hydrogens (tertiary/aromatic N) is 1. The lowest BCUT2D eigenvalue weighted by Crippen LogP contribution is -1.75. The van der Waals surface area contributed by atoms with Crippen LogP contribution in [0.15, 0.2) is 59.2 Å². The minimum absolute atomic E-state index is 0.684. The zero-order chi connectivity index (χ0) is 10.8. The SMILES string of the molecule is C1=CCC(c2cnc(-c3ccccc3)o2)=C1. The standard InChI is InChI=1S/C14H11NO/c1-2-8-12(9-3-1)14-15-10-13(16-14)11-6-4-5-7-11/h1-6,8-10H,7H2. The number of rotatable bonds is 2. The summed E-state index contributed by atoms with van der Waals surface area (Å²) in [5, 5.41) is 0. The Morgan fingerprint density at radius 2 is 2.00 bits per heavy atom. The summed E-state index contributed by atoms with van der Waals surface area (Å²) in [5.74, 6) is 1.55. The molecule has 16 heavy (non-hydrogen) atoms. The fourth-order valence-corrected chi connectivity index (χ4v) is 1.77. The van der Waals surface area contributed by atoms with E-state index in [1.165, 1.54) is 5.57 Å². The lowest BCUT2D eigenvalue weighted by molar-refractivity contribution is 0.559. The van der Waals surface area contributed by atoms with Crippen molar-refractivity contribution in [1.29, 1.82) is 0 Å². The van der Waals surface area contributed by atoms with E-state index >= 15 is 0 Å². The van der Waals surface area contributed by atoms with Crippen LogP contribution in [-0.4, -0.2) is 4.98 Å². The van der Waals surface area contributed by atoms with E-state index < -0.39 is 0 Å². The van der Waals surface area contributed by atoms with Crippen LogP contribution in [0.4, 0.5) is 0 Å². The monoisotopic (exact) mass is 209 g/mol. The normalized spacial score (nSPS) is 14.1. The van der Waals surface area contributed by atoms with Gasteiger partial charge in [0.05, 0.1) is 6.20 Å². The molecule has 0 spiro atoms. The van der Waals surface area contributed by atoms with Crippen molar-refractivity contribution < 1.29 is 4.42 Å².